The van der Waals surface area contributed by atoms with Gasteiger partial charge in [-0.1, -0.05) is 0 Å². The van der Waals surface area contributed by atoms with Gasteiger partial charge < -0.3 is 4.74 Å². The summed E-state index contributed by atoms with van der Waals surface area (Å²) in [4.78, 5) is 10.7. The van der Waals surface area contributed by atoms with E-state index in [-0.39, 0.29) is 11.3 Å². The molecule has 0 fully saturated rings. The minimum atomic E-state index is -0.819. The molecule has 13 heavy (non-hydrogen) atoms. The second kappa shape index (κ2) is 3.83. The standard InChI is InChI=1S/C8H5BrF2O2/c1-13-7-3-5(10)4(8(9)12)2-6(7)11/h2-3H,1H3. The third-order valence-electron chi connectivity index (χ3n) is 1.45. The molecule has 1 aromatic rings. The number of ether oxygens (including phenoxy) is 1. The van der Waals surface area contributed by atoms with Crippen LogP contribution in [0, 0.1) is 11.6 Å². The van der Waals surface area contributed by atoms with Crippen molar-refractivity contribution in [1.29, 1.82) is 0 Å². The molecule has 0 bridgehead atoms. The molecule has 5 heteroatoms. The van der Waals surface area contributed by atoms with Crippen LogP contribution in [0.3, 0.4) is 0 Å². The fourth-order valence-corrected chi connectivity index (χ4v) is 1.14. The Labute approximate surface area is 81.6 Å². The molecule has 0 spiro atoms. The molecule has 0 heterocycles. The fourth-order valence-electron chi connectivity index (χ4n) is 0.836. The van der Waals surface area contributed by atoms with Crippen LogP contribution in [0.1, 0.15) is 10.4 Å². The van der Waals surface area contributed by atoms with E-state index in [9.17, 15) is 13.6 Å². The number of rotatable bonds is 2. The van der Waals surface area contributed by atoms with Crippen molar-refractivity contribution in [2.45, 2.75) is 0 Å². The predicted molar refractivity (Wildman–Crippen MR) is 46.2 cm³/mol. The molecule has 0 aliphatic carbocycles. The maximum atomic E-state index is 13.0. The molecule has 1 aromatic carbocycles. The van der Waals surface area contributed by atoms with Crippen LogP contribution >= 0.6 is 15.9 Å². The molecule has 70 valence electrons. The van der Waals surface area contributed by atoms with Crippen molar-refractivity contribution in [3.05, 3.63) is 29.3 Å². The highest BCUT2D eigenvalue weighted by molar-refractivity contribution is 9.18. The molecule has 0 N–H and O–H groups in total. The van der Waals surface area contributed by atoms with E-state index < -0.39 is 16.3 Å². The second-order valence-corrected chi connectivity index (χ2v) is 2.96. The zero-order valence-corrected chi connectivity index (χ0v) is 8.19. The third kappa shape index (κ3) is 2.03. The van der Waals surface area contributed by atoms with Gasteiger partial charge in [-0.2, -0.15) is 0 Å². The Balaban J connectivity index is 3.28. The van der Waals surface area contributed by atoms with Crippen LogP contribution in [-0.4, -0.2) is 11.8 Å². The van der Waals surface area contributed by atoms with Gasteiger partial charge >= 0.3 is 0 Å². The van der Waals surface area contributed by atoms with E-state index in [0.29, 0.717) is 0 Å². The lowest BCUT2D eigenvalue weighted by atomic mass is 10.2. The Morgan fingerprint density at radius 3 is 2.46 bits per heavy atom. The Hall–Kier alpha value is -0.970. The first-order chi connectivity index (χ1) is 6.06. The lowest BCUT2D eigenvalue weighted by Crippen LogP contribution is -1.98. The van der Waals surface area contributed by atoms with Crippen molar-refractivity contribution in [2.75, 3.05) is 7.11 Å². The summed E-state index contributed by atoms with van der Waals surface area (Å²) in [6.45, 7) is 0. The van der Waals surface area contributed by atoms with Gasteiger partial charge in [0.05, 0.1) is 12.7 Å². The zero-order chi connectivity index (χ0) is 10.0. The van der Waals surface area contributed by atoms with Gasteiger partial charge in [0.1, 0.15) is 5.82 Å². The Morgan fingerprint density at radius 1 is 1.38 bits per heavy atom. The fraction of sp³-hybridized carbons (Fsp3) is 0.125. The number of carbonyl (C=O) groups excluding carboxylic acids is 1. The van der Waals surface area contributed by atoms with Crippen molar-refractivity contribution in [3.8, 4) is 5.75 Å². The van der Waals surface area contributed by atoms with E-state index in [1.165, 1.54) is 7.11 Å². The molecule has 1 rings (SSSR count). The van der Waals surface area contributed by atoms with E-state index in [2.05, 4.69) is 20.7 Å². The monoisotopic (exact) mass is 250 g/mol. The highest BCUT2D eigenvalue weighted by Gasteiger charge is 2.13. The molecule has 0 amide bonds. The summed E-state index contributed by atoms with van der Waals surface area (Å²) in [5.41, 5.74) is -0.349. The smallest absolute Gasteiger partial charge is 0.231 e. The Kier molecular flexibility index (Phi) is 2.98. The molecule has 0 aliphatic heterocycles. The lowest BCUT2D eigenvalue weighted by Gasteiger charge is -2.03. The quantitative estimate of drug-likeness (QED) is 0.755. The second-order valence-electron chi connectivity index (χ2n) is 2.24. The lowest BCUT2D eigenvalue weighted by molar-refractivity contribution is 0.109. The van der Waals surface area contributed by atoms with Gasteiger partial charge in [-0.25, -0.2) is 8.78 Å². The summed E-state index contributed by atoms with van der Waals surface area (Å²) in [5, 5.41) is 0. The van der Waals surface area contributed by atoms with Gasteiger partial charge in [0.15, 0.2) is 11.6 Å². The highest BCUT2D eigenvalue weighted by atomic mass is 79.9. The van der Waals surface area contributed by atoms with E-state index >= 15 is 0 Å². The molecule has 0 saturated carbocycles. The van der Waals surface area contributed by atoms with E-state index in [1.807, 2.05) is 0 Å². The van der Waals surface area contributed by atoms with Crippen molar-refractivity contribution >= 4 is 20.6 Å². The minimum Gasteiger partial charge on any atom is -0.494 e. The van der Waals surface area contributed by atoms with Gasteiger partial charge in [-0.15, -0.1) is 0 Å². The van der Waals surface area contributed by atoms with Crippen molar-refractivity contribution < 1.29 is 18.3 Å². The first-order valence-corrected chi connectivity index (χ1v) is 4.08. The number of hydrogen-bond donors (Lipinski definition) is 0. The van der Waals surface area contributed by atoms with Gasteiger partial charge in [0.2, 0.25) is 4.69 Å². The van der Waals surface area contributed by atoms with E-state index in [0.717, 1.165) is 12.1 Å². The largest absolute Gasteiger partial charge is 0.494 e. The van der Waals surface area contributed by atoms with Crippen LogP contribution in [0.15, 0.2) is 12.1 Å². The van der Waals surface area contributed by atoms with Crippen LogP contribution in [-0.2, 0) is 0 Å². The van der Waals surface area contributed by atoms with Crippen LogP contribution in [0.2, 0.25) is 0 Å². The summed E-state index contributed by atoms with van der Waals surface area (Å²) < 4.78 is 29.7. The molecule has 2 nitrogen and oxygen atoms in total. The van der Waals surface area contributed by atoms with Gasteiger partial charge in [-0.3, -0.25) is 4.79 Å². The third-order valence-corrected chi connectivity index (χ3v) is 1.88. The van der Waals surface area contributed by atoms with Gasteiger partial charge in [0.25, 0.3) is 0 Å². The van der Waals surface area contributed by atoms with E-state index in [4.69, 9.17) is 0 Å². The Bertz CT molecular complexity index is 352. The van der Waals surface area contributed by atoms with Crippen molar-refractivity contribution in [2.24, 2.45) is 0 Å². The maximum absolute atomic E-state index is 13.0. The van der Waals surface area contributed by atoms with Crippen molar-refractivity contribution in [1.82, 2.24) is 0 Å². The molecular formula is C8H5BrF2O2. The van der Waals surface area contributed by atoms with Crippen LogP contribution in [0.5, 0.6) is 5.75 Å². The average Bonchev–Trinajstić information content (AvgIpc) is 2.07. The summed E-state index contributed by atoms with van der Waals surface area (Å²) in [6.07, 6.45) is 0. The molecule has 0 aliphatic rings. The molecule has 0 unspecified atom stereocenters. The minimum absolute atomic E-state index is 0.227. The number of halogens is 3. The normalized spacial score (nSPS) is 9.85. The number of methoxy groups -OCH3 is 1. The first kappa shape index (κ1) is 10.1. The topological polar surface area (TPSA) is 26.3 Å². The van der Waals surface area contributed by atoms with Gasteiger partial charge in [0, 0.05) is 6.07 Å². The number of benzene rings is 1. The molecule has 0 atom stereocenters. The van der Waals surface area contributed by atoms with E-state index in [1.54, 1.807) is 0 Å². The summed E-state index contributed by atoms with van der Waals surface area (Å²) in [5.74, 6) is -1.82. The molecule has 0 saturated heterocycles. The Morgan fingerprint density at radius 2 is 2.00 bits per heavy atom. The summed E-state index contributed by atoms with van der Waals surface area (Å²) in [7, 11) is 1.22. The van der Waals surface area contributed by atoms with Crippen LogP contribution < -0.4 is 4.74 Å². The molecule has 0 aromatic heterocycles. The molecular weight excluding hydrogens is 246 g/mol. The zero-order valence-electron chi connectivity index (χ0n) is 6.61. The molecule has 0 radical (unpaired) electrons. The highest BCUT2D eigenvalue weighted by Crippen LogP contribution is 2.22. The van der Waals surface area contributed by atoms with Crippen molar-refractivity contribution in [3.63, 3.8) is 0 Å². The van der Waals surface area contributed by atoms with Gasteiger partial charge in [-0.05, 0) is 22.0 Å². The van der Waals surface area contributed by atoms with Crippen LogP contribution in [0.4, 0.5) is 8.78 Å². The maximum Gasteiger partial charge on any atom is 0.231 e. The average molecular weight is 251 g/mol. The summed E-state index contributed by atoms with van der Waals surface area (Å²) >= 11 is 2.53. The summed E-state index contributed by atoms with van der Waals surface area (Å²) in [6, 6.07) is 1.61. The predicted octanol–water partition coefficient (Wildman–Crippen LogP) is 2.51. The van der Waals surface area contributed by atoms with Crippen LogP contribution in [0.25, 0.3) is 0 Å². The first-order valence-electron chi connectivity index (χ1n) is 3.29. The SMILES string of the molecule is COc1cc(F)c(C(=O)Br)cc1F. The number of carbonyl (C=O) groups is 1. The number of hydrogen-bond acceptors (Lipinski definition) is 2.